The Morgan fingerprint density at radius 3 is 2.30 bits per heavy atom. The molecule has 0 aromatic carbocycles. The van der Waals surface area contributed by atoms with Gasteiger partial charge in [0.2, 0.25) is 0 Å². The minimum absolute atomic E-state index is 0.128. The molecule has 0 spiro atoms. The lowest BCUT2D eigenvalue weighted by Gasteiger charge is -2.13. The molecule has 0 aliphatic rings. The number of aliphatic hydroxyl groups excluding tert-OH is 1. The Kier molecular flexibility index (Phi) is 3.41. The van der Waals surface area contributed by atoms with Gasteiger partial charge < -0.3 is 5.11 Å². The van der Waals surface area contributed by atoms with Gasteiger partial charge in [0, 0.05) is 5.41 Å². The quantitative estimate of drug-likeness (QED) is 0.582. The van der Waals surface area contributed by atoms with Gasteiger partial charge in [-0.05, 0) is 25.5 Å². The summed E-state index contributed by atoms with van der Waals surface area (Å²) in [6, 6.07) is 0. The average molecular weight is 140 g/mol. The first kappa shape index (κ1) is 9.48. The van der Waals surface area contributed by atoms with E-state index < -0.39 is 0 Å². The third kappa shape index (κ3) is 4.37. The molecule has 0 aromatic rings. The van der Waals surface area contributed by atoms with Gasteiger partial charge in [0.15, 0.2) is 0 Å². The Labute approximate surface area is 63.1 Å². The summed E-state index contributed by atoms with van der Waals surface area (Å²) in [4.78, 5) is 0. The molecule has 58 valence electrons. The fraction of sp³-hybridized carbons (Fsp3) is 0.667. The lowest BCUT2D eigenvalue weighted by Crippen LogP contribution is -2.11. The Balaban J connectivity index is 4.27. The second-order valence-electron chi connectivity index (χ2n) is 3.44. The molecule has 0 amide bonds. The molecular weight excluding hydrogens is 124 g/mol. The predicted octanol–water partition coefficient (Wildman–Crippen LogP) is 2.13. The van der Waals surface area contributed by atoms with E-state index in [-0.39, 0.29) is 12.0 Å². The van der Waals surface area contributed by atoms with Crippen molar-refractivity contribution < 1.29 is 5.11 Å². The first-order chi connectivity index (χ1) is 4.48. The number of hydrogen-bond acceptors (Lipinski definition) is 1. The number of aliphatic hydroxyl groups is 1. The SMILES string of the molecule is CC(C)=C=CC(C)(C)CO. The van der Waals surface area contributed by atoms with E-state index in [1.165, 1.54) is 0 Å². The molecule has 0 aromatic heterocycles. The molecule has 0 fully saturated rings. The third-order valence-corrected chi connectivity index (χ3v) is 1.16. The zero-order valence-corrected chi connectivity index (χ0v) is 7.23. The van der Waals surface area contributed by atoms with Crippen LogP contribution < -0.4 is 0 Å². The molecule has 0 aliphatic carbocycles. The average Bonchev–Trinajstić information content (AvgIpc) is 1.85. The van der Waals surface area contributed by atoms with Gasteiger partial charge in [-0.25, -0.2) is 0 Å². The van der Waals surface area contributed by atoms with E-state index in [4.69, 9.17) is 5.11 Å². The van der Waals surface area contributed by atoms with Crippen molar-refractivity contribution in [1.82, 2.24) is 0 Å². The van der Waals surface area contributed by atoms with Crippen LogP contribution in [0.4, 0.5) is 0 Å². The van der Waals surface area contributed by atoms with Crippen molar-refractivity contribution in [3.63, 3.8) is 0 Å². The van der Waals surface area contributed by atoms with Gasteiger partial charge >= 0.3 is 0 Å². The summed E-state index contributed by atoms with van der Waals surface area (Å²) in [6.45, 7) is 8.10. The summed E-state index contributed by atoms with van der Waals surface area (Å²) < 4.78 is 0. The number of rotatable bonds is 2. The second kappa shape index (κ2) is 3.60. The highest BCUT2D eigenvalue weighted by molar-refractivity contribution is 5.00. The van der Waals surface area contributed by atoms with Gasteiger partial charge in [0.05, 0.1) is 6.61 Å². The van der Waals surface area contributed by atoms with Crippen LogP contribution in [0, 0.1) is 5.41 Å². The molecule has 0 radical (unpaired) electrons. The van der Waals surface area contributed by atoms with Gasteiger partial charge in [0.25, 0.3) is 0 Å². The van der Waals surface area contributed by atoms with Crippen molar-refractivity contribution >= 4 is 0 Å². The molecule has 0 atom stereocenters. The maximum absolute atomic E-state index is 8.83. The predicted molar refractivity (Wildman–Crippen MR) is 43.8 cm³/mol. The smallest absolute Gasteiger partial charge is 0.0522 e. The molecule has 0 rings (SSSR count). The van der Waals surface area contributed by atoms with Crippen molar-refractivity contribution in [2.75, 3.05) is 6.61 Å². The first-order valence-corrected chi connectivity index (χ1v) is 3.50. The van der Waals surface area contributed by atoms with Crippen LogP contribution in [-0.2, 0) is 0 Å². The molecule has 0 bridgehead atoms. The molecular formula is C9H16O. The highest BCUT2D eigenvalue weighted by atomic mass is 16.3. The summed E-state index contributed by atoms with van der Waals surface area (Å²) in [5.74, 6) is 0. The fourth-order valence-corrected chi connectivity index (χ4v) is 0.385. The van der Waals surface area contributed by atoms with E-state index in [0.717, 1.165) is 5.57 Å². The van der Waals surface area contributed by atoms with Gasteiger partial charge in [-0.1, -0.05) is 13.8 Å². The molecule has 0 unspecified atom stereocenters. The van der Waals surface area contributed by atoms with Crippen LogP contribution in [0.25, 0.3) is 0 Å². The van der Waals surface area contributed by atoms with Gasteiger partial charge in [-0.15, -0.1) is 5.73 Å². The molecule has 0 saturated heterocycles. The lowest BCUT2D eigenvalue weighted by atomic mass is 9.95. The topological polar surface area (TPSA) is 20.2 Å². The Hall–Kier alpha value is -0.520. The van der Waals surface area contributed by atoms with Crippen LogP contribution in [0.1, 0.15) is 27.7 Å². The lowest BCUT2D eigenvalue weighted by molar-refractivity contribution is 0.200. The molecule has 0 aliphatic heterocycles. The van der Waals surface area contributed by atoms with Gasteiger partial charge in [0.1, 0.15) is 0 Å². The van der Waals surface area contributed by atoms with Crippen LogP contribution in [-0.4, -0.2) is 11.7 Å². The zero-order valence-electron chi connectivity index (χ0n) is 7.23. The zero-order chi connectivity index (χ0) is 8.20. The summed E-state index contributed by atoms with van der Waals surface area (Å²) in [6.07, 6.45) is 1.91. The highest BCUT2D eigenvalue weighted by Gasteiger charge is 2.10. The standard InChI is InChI=1S/C9H16O/c1-8(2)5-6-9(3,4)7-10/h6,10H,7H2,1-4H3. The molecule has 1 N–H and O–H groups in total. The summed E-state index contributed by atoms with van der Waals surface area (Å²) in [5.41, 5.74) is 4.08. The van der Waals surface area contributed by atoms with E-state index in [1.54, 1.807) is 0 Å². The normalized spacial score (nSPS) is 10.5. The fourth-order valence-electron chi connectivity index (χ4n) is 0.385. The number of hydrogen-bond donors (Lipinski definition) is 1. The third-order valence-electron chi connectivity index (χ3n) is 1.16. The van der Waals surface area contributed by atoms with Crippen molar-refractivity contribution in [3.8, 4) is 0 Å². The van der Waals surface area contributed by atoms with Crippen molar-refractivity contribution in [3.05, 3.63) is 17.4 Å². The van der Waals surface area contributed by atoms with E-state index in [9.17, 15) is 0 Å². The van der Waals surface area contributed by atoms with E-state index >= 15 is 0 Å². The molecule has 0 heterocycles. The van der Waals surface area contributed by atoms with Crippen molar-refractivity contribution in [2.24, 2.45) is 5.41 Å². The molecule has 0 saturated carbocycles. The van der Waals surface area contributed by atoms with E-state index in [1.807, 2.05) is 33.8 Å². The first-order valence-electron chi connectivity index (χ1n) is 3.50. The molecule has 10 heavy (non-hydrogen) atoms. The van der Waals surface area contributed by atoms with Crippen molar-refractivity contribution in [1.29, 1.82) is 0 Å². The monoisotopic (exact) mass is 140 g/mol. The van der Waals surface area contributed by atoms with Crippen LogP contribution in [0.5, 0.6) is 0 Å². The minimum atomic E-state index is -0.128. The molecule has 1 heteroatoms. The Morgan fingerprint density at radius 2 is 2.00 bits per heavy atom. The van der Waals surface area contributed by atoms with Crippen LogP contribution >= 0.6 is 0 Å². The second-order valence-corrected chi connectivity index (χ2v) is 3.44. The van der Waals surface area contributed by atoms with Gasteiger partial charge in [-0.2, -0.15) is 0 Å². The largest absolute Gasteiger partial charge is 0.395 e. The maximum Gasteiger partial charge on any atom is 0.0522 e. The van der Waals surface area contributed by atoms with E-state index in [0.29, 0.717) is 0 Å². The Bertz CT molecular complexity index is 156. The summed E-state index contributed by atoms with van der Waals surface area (Å²) >= 11 is 0. The van der Waals surface area contributed by atoms with Crippen molar-refractivity contribution in [2.45, 2.75) is 27.7 Å². The van der Waals surface area contributed by atoms with E-state index in [2.05, 4.69) is 5.73 Å². The highest BCUT2D eigenvalue weighted by Crippen LogP contribution is 2.14. The summed E-state index contributed by atoms with van der Waals surface area (Å²) in [5, 5.41) is 8.83. The maximum atomic E-state index is 8.83. The van der Waals surface area contributed by atoms with Crippen LogP contribution in [0.3, 0.4) is 0 Å². The minimum Gasteiger partial charge on any atom is -0.395 e. The van der Waals surface area contributed by atoms with Crippen LogP contribution in [0.2, 0.25) is 0 Å². The Morgan fingerprint density at radius 1 is 1.50 bits per heavy atom. The molecule has 1 nitrogen and oxygen atoms in total. The summed E-state index contributed by atoms with van der Waals surface area (Å²) in [7, 11) is 0. The van der Waals surface area contributed by atoms with Gasteiger partial charge in [-0.3, -0.25) is 0 Å². The van der Waals surface area contributed by atoms with Crippen LogP contribution in [0.15, 0.2) is 17.4 Å².